The van der Waals surface area contributed by atoms with Crippen LogP contribution in [0.2, 0.25) is 0 Å². The van der Waals surface area contributed by atoms with Gasteiger partial charge in [-0.05, 0) is 27.8 Å². The van der Waals surface area contributed by atoms with Gasteiger partial charge in [0.1, 0.15) is 0 Å². The first-order chi connectivity index (χ1) is 9.10. The van der Waals surface area contributed by atoms with Crippen LogP contribution in [0.25, 0.3) is 0 Å². The molecule has 1 rings (SSSR count). The number of amides is 1. The number of likely N-dealkylation sites (N-methyl/N-ethyl adjacent to an activating group) is 2. The van der Waals surface area contributed by atoms with Crippen molar-refractivity contribution >= 4 is 5.91 Å². The van der Waals surface area contributed by atoms with Crippen LogP contribution in [-0.2, 0) is 4.79 Å². The molecule has 0 bridgehead atoms. The van der Waals surface area contributed by atoms with Crippen LogP contribution >= 0.6 is 0 Å². The first-order valence-electron chi connectivity index (χ1n) is 7.52. The van der Waals surface area contributed by atoms with Crippen molar-refractivity contribution in [3.05, 3.63) is 0 Å². The fraction of sp³-hybridized carbons (Fsp3) is 0.929. The quantitative estimate of drug-likeness (QED) is 0.711. The van der Waals surface area contributed by atoms with Gasteiger partial charge in [0.15, 0.2) is 0 Å². The molecule has 0 radical (unpaired) electrons. The summed E-state index contributed by atoms with van der Waals surface area (Å²) in [4.78, 5) is 18.8. The third-order valence-corrected chi connectivity index (χ3v) is 4.07. The number of nitrogens with one attached hydrogen (secondary N) is 1. The molecule has 0 spiro atoms. The highest BCUT2D eigenvalue weighted by molar-refractivity contribution is 5.81. The summed E-state index contributed by atoms with van der Waals surface area (Å²) in [5, 5.41) is 3.36. The van der Waals surface area contributed by atoms with Crippen LogP contribution in [-0.4, -0.2) is 86.1 Å². The van der Waals surface area contributed by atoms with E-state index in [0.717, 1.165) is 52.4 Å². The summed E-state index contributed by atoms with van der Waals surface area (Å²) in [7, 11) is 2.05. The molecule has 1 fully saturated rings. The first kappa shape index (κ1) is 16.4. The Labute approximate surface area is 117 Å². The summed E-state index contributed by atoms with van der Waals surface area (Å²) in [5.74, 6) is 0.243. The third kappa shape index (κ3) is 5.09. The molecule has 0 saturated carbocycles. The SMILES string of the molecule is CCN(CC)C(=O)C(C)N(C)CCN1CCNCC1. The zero-order valence-corrected chi connectivity index (χ0v) is 13.0. The molecule has 1 atom stereocenters. The smallest absolute Gasteiger partial charge is 0.239 e. The molecule has 1 saturated heterocycles. The molecule has 5 heteroatoms. The van der Waals surface area contributed by atoms with E-state index in [4.69, 9.17) is 0 Å². The van der Waals surface area contributed by atoms with E-state index in [1.807, 2.05) is 32.7 Å². The zero-order valence-electron chi connectivity index (χ0n) is 13.0. The topological polar surface area (TPSA) is 38.8 Å². The van der Waals surface area contributed by atoms with Gasteiger partial charge in [-0.1, -0.05) is 0 Å². The van der Waals surface area contributed by atoms with Crippen LogP contribution in [0.15, 0.2) is 0 Å². The van der Waals surface area contributed by atoms with E-state index in [-0.39, 0.29) is 11.9 Å². The van der Waals surface area contributed by atoms with E-state index in [1.54, 1.807) is 0 Å². The first-order valence-corrected chi connectivity index (χ1v) is 7.52. The van der Waals surface area contributed by atoms with Crippen LogP contribution < -0.4 is 5.32 Å². The van der Waals surface area contributed by atoms with E-state index in [1.165, 1.54) is 0 Å². The van der Waals surface area contributed by atoms with Crippen molar-refractivity contribution in [1.29, 1.82) is 0 Å². The second kappa shape index (κ2) is 8.51. The third-order valence-electron chi connectivity index (χ3n) is 4.07. The molecule has 19 heavy (non-hydrogen) atoms. The Morgan fingerprint density at radius 1 is 1.26 bits per heavy atom. The fourth-order valence-corrected chi connectivity index (χ4v) is 2.42. The molecule has 5 nitrogen and oxygen atoms in total. The Bertz CT molecular complexity index is 262. The van der Waals surface area contributed by atoms with Gasteiger partial charge in [0.2, 0.25) is 5.91 Å². The molecular weight excluding hydrogens is 240 g/mol. The number of carbonyl (C=O) groups excluding carboxylic acids is 1. The summed E-state index contributed by atoms with van der Waals surface area (Å²) >= 11 is 0. The fourth-order valence-electron chi connectivity index (χ4n) is 2.42. The summed E-state index contributed by atoms with van der Waals surface area (Å²) in [6.07, 6.45) is 0. The van der Waals surface area contributed by atoms with Crippen LogP contribution in [0.3, 0.4) is 0 Å². The minimum atomic E-state index is -0.0252. The number of rotatable bonds is 7. The van der Waals surface area contributed by atoms with E-state index in [2.05, 4.69) is 15.1 Å². The Morgan fingerprint density at radius 2 is 1.84 bits per heavy atom. The molecule has 1 amide bonds. The lowest BCUT2D eigenvalue weighted by molar-refractivity contribution is -0.135. The highest BCUT2D eigenvalue weighted by atomic mass is 16.2. The Kier molecular flexibility index (Phi) is 7.34. The van der Waals surface area contributed by atoms with Gasteiger partial charge in [0.25, 0.3) is 0 Å². The van der Waals surface area contributed by atoms with Crippen LogP contribution in [0.1, 0.15) is 20.8 Å². The lowest BCUT2D eigenvalue weighted by atomic mass is 10.2. The maximum Gasteiger partial charge on any atom is 0.239 e. The maximum atomic E-state index is 12.3. The van der Waals surface area contributed by atoms with E-state index in [9.17, 15) is 4.79 Å². The van der Waals surface area contributed by atoms with Gasteiger partial charge in [-0.15, -0.1) is 0 Å². The predicted molar refractivity (Wildman–Crippen MR) is 79.3 cm³/mol. The zero-order chi connectivity index (χ0) is 14.3. The van der Waals surface area contributed by atoms with Crippen LogP contribution in [0.5, 0.6) is 0 Å². The van der Waals surface area contributed by atoms with Crippen molar-refractivity contribution < 1.29 is 4.79 Å². The van der Waals surface area contributed by atoms with Gasteiger partial charge in [-0.3, -0.25) is 14.6 Å². The average molecular weight is 270 g/mol. The Balaban J connectivity index is 2.34. The molecule has 0 aromatic heterocycles. The molecule has 0 aliphatic carbocycles. The van der Waals surface area contributed by atoms with Gasteiger partial charge in [-0.25, -0.2) is 0 Å². The van der Waals surface area contributed by atoms with Gasteiger partial charge in [-0.2, -0.15) is 0 Å². The highest BCUT2D eigenvalue weighted by Crippen LogP contribution is 2.03. The number of hydrogen-bond acceptors (Lipinski definition) is 4. The molecule has 1 N–H and O–H groups in total. The molecule has 0 aromatic rings. The minimum absolute atomic E-state index is 0.0252. The van der Waals surface area contributed by atoms with Crippen LogP contribution in [0.4, 0.5) is 0 Å². The minimum Gasteiger partial charge on any atom is -0.342 e. The van der Waals surface area contributed by atoms with E-state index < -0.39 is 0 Å². The Morgan fingerprint density at radius 3 is 2.37 bits per heavy atom. The van der Waals surface area contributed by atoms with Gasteiger partial charge >= 0.3 is 0 Å². The van der Waals surface area contributed by atoms with Crippen molar-refractivity contribution in [2.45, 2.75) is 26.8 Å². The molecule has 0 aromatic carbocycles. The summed E-state index contributed by atoms with van der Waals surface area (Å²) in [6.45, 7) is 14.1. The van der Waals surface area contributed by atoms with E-state index >= 15 is 0 Å². The summed E-state index contributed by atoms with van der Waals surface area (Å²) in [5.41, 5.74) is 0. The van der Waals surface area contributed by atoms with Gasteiger partial charge < -0.3 is 10.2 Å². The number of piperazine rings is 1. The van der Waals surface area contributed by atoms with Crippen molar-refractivity contribution in [3.63, 3.8) is 0 Å². The highest BCUT2D eigenvalue weighted by Gasteiger charge is 2.22. The molecular formula is C14H30N4O. The lowest BCUT2D eigenvalue weighted by Crippen LogP contribution is -2.49. The second-order valence-electron chi connectivity index (χ2n) is 5.26. The predicted octanol–water partition coefficient (Wildman–Crippen LogP) is 0.0803. The van der Waals surface area contributed by atoms with Crippen molar-refractivity contribution in [3.8, 4) is 0 Å². The van der Waals surface area contributed by atoms with Gasteiger partial charge in [0, 0.05) is 52.4 Å². The van der Waals surface area contributed by atoms with Gasteiger partial charge in [0.05, 0.1) is 6.04 Å². The number of carbonyl (C=O) groups is 1. The molecule has 1 aliphatic rings. The largest absolute Gasteiger partial charge is 0.342 e. The lowest BCUT2D eigenvalue weighted by Gasteiger charge is -2.32. The maximum absolute atomic E-state index is 12.3. The monoisotopic (exact) mass is 270 g/mol. The number of nitrogens with zero attached hydrogens (tertiary/aromatic N) is 3. The molecule has 1 unspecified atom stereocenters. The van der Waals surface area contributed by atoms with E-state index in [0.29, 0.717) is 0 Å². The normalized spacial score (nSPS) is 18.6. The molecule has 1 aliphatic heterocycles. The summed E-state index contributed by atoms with van der Waals surface area (Å²) in [6, 6.07) is -0.0252. The standard InChI is InChI=1S/C14H30N4O/c1-5-18(6-2)14(19)13(3)16(4)11-12-17-9-7-15-8-10-17/h13,15H,5-12H2,1-4H3. The molecule has 112 valence electrons. The second-order valence-corrected chi connectivity index (χ2v) is 5.26. The van der Waals surface area contributed by atoms with Crippen molar-refractivity contribution in [1.82, 2.24) is 20.0 Å². The Hall–Kier alpha value is -0.650. The van der Waals surface area contributed by atoms with Crippen LogP contribution in [0, 0.1) is 0 Å². The number of hydrogen-bond donors (Lipinski definition) is 1. The average Bonchev–Trinajstić information content (AvgIpc) is 2.46. The summed E-state index contributed by atoms with van der Waals surface area (Å²) < 4.78 is 0. The van der Waals surface area contributed by atoms with Crippen molar-refractivity contribution in [2.24, 2.45) is 0 Å². The molecule has 1 heterocycles. The van der Waals surface area contributed by atoms with Crippen molar-refractivity contribution in [2.75, 3.05) is 59.4 Å².